The average molecular weight is 273 g/mol. The number of carbonyl (C=O) groups is 1. The number of hydrogen-bond donors (Lipinski definition) is 0. The number of hydrogen-bond acceptors (Lipinski definition) is 3. The van der Waals surface area contributed by atoms with Crippen molar-refractivity contribution in [3.8, 4) is 0 Å². The normalized spacial score (nSPS) is 21.5. The topological polar surface area (TPSA) is 51.2 Å². The summed E-state index contributed by atoms with van der Waals surface area (Å²) in [7, 11) is -3.42. The highest BCUT2D eigenvalue weighted by Crippen LogP contribution is 2.28. The molecular formula is C12H13ClO3S. The van der Waals surface area contributed by atoms with Crippen molar-refractivity contribution >= 4 is 27.2 Å². The van der Waals surface area contributed by atoms with Gasteiger partial charge in [0.2, 0.25) is 0 Å². The fraction of sp³-hybridized carbons (Fsp3) is 0.417. The summed E-state index contributed by atoms with van der Waals surface area (Å²) < 4.78 is 24.5. The fourth-order valence-corrected chi connectivity index (χ4v) is 4.17. The summed E-state index contributed by atoms with van der Waals surface area (Å²) in [6.45, 7) is 0. The molecule has 92 valence electrons. The molecule has 0 heterocycles. The number of Topliss-reactive ketones (excluding diaryl/α,β-unsaturated/α-hetero) is 1. The van der Waals surface area contributed by atoms with Crippen LogP contribution in [0.15, 0.2) is 29.2 Å². The van der Waals surface area contributed by atoms with Crippen LogP contribution in [0.5, 0.6) is 0 Å². The van der Waals surface area contributed by atoms with Gasteiger partial charge in [0.25, 0.3) is 0 Å². The van der Waals surface area contributed by atoms with Crippen LogP contribution in [0.4, 0.5) is 0 Å². The minimum absolute atomic E-state index is 0.0341. The lowest BCUT2D eigenvalue weighted by molar-refractivity contribution is -0.120. The Kier molecular flexibility index (Phi) is 3.54. The zero-order chi connectivity index (χ0) is 12.5. The standard InChI is InChI=1S/C12H13ClO3S/c13-9-3-1-5-11(7-9)17(15,16)12-6-2-4-10(14)8-12/h1,3,5,7,12H,2,4,6,8H2. The smallest absolute Gasteiger partial charge is 0.181 e. The van der Waals surface area contributed by atoms with E-state index in [9.17, 15) is 13.2 Å². The van der Waals surface area contributed by atoms with Crippen LogP contribution in [0.1, 0.15) is 25.7 Å². The van der Waals surface area contributed by atoms with Crippen molar-refractivity contribution in [3.05, 3.63) is 29.3 Å². The predicted molar refractivity (Wildman–Crippen MR) is 65.9 cm³/mol. The molecule has 1 saturated carbocycles. The fourth-order valence-electron chi connectivity index (χ4n) is 2.09. The maximum Gasteiger partial charge on any atom is 0.181 e. The Hall–Kier alpha value is -0.870. The van der Waals surface area contributed by atoms with E-state index in [4.69, 9.17) is 11.6 Å². The van der Waals surface area contributed by atoms with Crippen molar-refractivity contribution in [1.82, 2.24) is 0 Å². The molecule has 0 saturated heterocycles. The van der Waals surface area contributed by atoms with E-state index in [2.05, 4.69) is 0 Å². The third-order valence-corrected chi connectivity index (χ3v) is 5.43. The van der Waals surface area contributed by atoms with Gasteiger partial charge in [0.1, 0.15) is 5.78 Å². The summed E-state index contributed by atoms with van der Waals surface area (Å²) in [5, 5.41) is -0.185. The first-order valence-corrected chi connectivity index (χ1v) is 7.44. The Balaban J connectivity index is 2.33. The number of sulfone groups is 1. The molecule has 1 atom stereocenters. The Morgan fingerprint density at radius 1 is 1.29 bits per heavy atom. The van der Waals surface area contributed by atoms with Crippen molar-refractivity contribution in [2.24, 2.45) is 0 Å². The molecule has 1 aromatic carbocycles. The molecule has 1 aromatic rings. The third-order valence-electron chi connectivity index (χ3n) is 3.00. The van der Waals surface area contributed by atoms with Gasteiger partial charge in [0, 0.05) is 17.9 Å². The first-order valence-electron chi connectivity index (χ1n) is 5.51. The molecule has 1 aliphatic carbocycles. The minimum Gasteiger partial charge on any atom is -0.300 e. The summed E-state index contributed by atoms with van der Waals surface area (Å²) in [4.78, 5) is 11.5. The van der Waals surface area contributed by atoms with Gasteiger partial charge in [0.15, 0.2) is 9.84 Å². The van der Waals surface area contributed by atoms with Crippen molar-refractivity contribution < 1.29 is 13.2 Å². The summed E-state index contributed by atoms with van der Waals surface area (Å²) in [5.74, 6) is 0.0341. The molecule has 1 unspecified atom stereocenters. The number of halogens is 1. The second kappa shape index (κ2) is 4.78. The lowest BCUT2D eigenvalue weighted by atomic mass is 9.99. The van der Waals surface area contributed by atoms with Gasteiger partial charge in [-0.3, -0.25) is 4.79 Å². The SMILES string of the molecule is O=C1CCCC(S(=O)(=O)c2cccc(Cl)c2)C1. The molecule has 0 N–H and O–H groups in total. The van der Waals surface area contributed by atoms with E-state index < -0.39 is 15.1 Å². The Bertz CT molecular complexity index is 536. The summed E-state index contributed by atoms with van der Waals surface area (Å²) in [6, 6.07) is 6.21. The summed E-state index contributed by atoms with van der Waals surface area (Å²) in [5.41, 5.74) is 0. The van der Waals surface area contributed by atoms with Crippen molar-refractivity contribution in [2.45, 2.75) is 35.8 Å². The van der Waals surface area contributed by atoms with Gasteiger partial charge in [-0.15, -0.1) is 0 Å². The van der Waals surface area contributed by atoms with Crippen LogP contribution in [-0.2, 0) is 14.6 Å². The van der Waals surface area contributed by atoms with Gasteiger partial charge in [0.05, 0.1) is 10.1 Å². The molecule has 0 bridgehead atoms. The molecule has 1 aliphatic rings. The van der Waals surface area contributed by atoms with Gasteiger partial charge >= 0.3 is 0 Å². The molecule has 0 amide bonds. The second-order valence-corrected chi connectivity index (χ2v) is 6.92. The van der Waals surface area contributed by atoms with E-state index in [-0.39, 0.29) is 17.1 Å². The van der Waals surface area contributed by atoms with Crippen LogP contribution in [0.3, 0.4) is 0 Å². The molecule has 0 aromatic heterocycles. The van der Waals surface area contributed by atoms with E-state index >= 15 is 0 Å². The Labute approximate surface area is 106 Å². The van der Waals surface area contributed by atoms with E-state index in [1.807, 2.05) is 0 Å². The Morgan fingerprint density at radius 3 is 2.71 bits per heavy atom. The average Bonchev–Trinajstić information content (AvgIpc) is 2.29. The number of carbonyl (C=O) groups excluding carboxylic acids is 1. The molecule has 2 rings (SSSR count). The van der Waals surface area contributed by atoms with Crippen LogP contribution >= 0.6 is 11.6 Å². The van der Waals surface area contributed by atoms with Gasteiger partial charge in [-0.2, -0.15) is 0 Å². The number of benzene rings is 1. The van der Waals surface area contributed by atoms with Gasteiger partial charge in [-0.1, -0.05) is 17.7 Å². The molecule has 3 nitrogen and oxygen atoms in total. The maximum absolute atomic E-state index is 12.3. The largest absolute Gasteiger partial charge is 0.300 e. The lowest BCUT2D eigenvalue weighted by Gasteiger charge is -2.21. The molecule has 17 heavy (non-hydrogen) atoms. The van der Waals surface area contributed by atoms with Crippen molar-refractivity contribution in [3.63, 3.8) is 0 Å². The monoisotopic (exact) mass is 272 g/mol. The summed E-state index contributed by atoms with van der Waals surface area (Å²) in [6.07, 6.45) is 1.85. The second-order valence-electron chi connectivity index (χ2n) is 4.26. The van der Waals surface area contributed by atoms with Crippen LogP contribution in [0.2, 0.25) is 5.02 Å². The highest BCUT2D eigenvalue weighted by Gasteiger charge is 2.32. The highest BCUT2D eigenvalue weighted by atomic mass is 35.5. The van der Waals surface area contributed by atoms with E-state index in [0.29, 0.717) is 24.3 Å². The number of ketones is 1. The molecular weight excluding hydrogens is 260 g/mol. The predicted octanol–water partition coefficient (Wildman–Crippen LogP) is 2.63. The van der Waals surface area contributed by atoms with E-state index in [1.54, 1.807) is 12.1 Å². The highest BCUT2D eigenvalue weighted by molar-refractivity contribution is 7.92. The van der Waals surface area contributed by atoms with Crippen LogP contribution in [0, 0.1) is 0 Å². The quantitative estimate of drug-likeness (QED) is 0.832. The minimum atomic E-state index is -3.42. The van der Waals surface area contributed by atoms with Gasteiger partial charge in [-0.25, -0.2) is 8.42 Å². The van der Waals surface area contributed by atoms with Crippen LogP contribution in [0.25, 0.3) is 0 Å². The van der Waals surface area contributed by atoms with Crippen LogP contribution in [-0.4, -0.2) is 19.5 Å². The van der Waals surface area contributed by atoms with Crippen LogP contribution < -0.4 is 0 Å². The lowest BCUT2D eigenvalue weighted by Crippen LogP contribution is -2.28. The molecule has 0 spiro atoms. The van der Waals surface area contributed by atoms with Crippen molar-refractivity contribution in [1.29, 1.82) is 0 Å². The molecule has 0 radical (unpaired) electrons. The summed E-state index contributed by atoms with van der Waals surface area (Å²) >= 11 is 5.79. The Morgan fingerprint density at radius 2 is 2.06 bits per heavy atom. The maximum atomic E-state index is 12.3. The van der Waals surface area contributed by atoms with Crippen molar-refractivity contribution in [2.75, 3.05) is 0 Å². The van der Waals surface area contributed by atoms with E-state index in [0.717, 1.165) is 0 Å². The first-order chi connectivity index (χ1) is 8.00. The number of rotatable bonds is 2. The molecule has 0 aliphatic heterocycles. The molecule has 1 fully saturated rings. The van der Waals surface area contributed by atoms with Gasteiger partial charge in [-0.05, 0) is 31.0 Å². The zero-order valence-electron chi connectivity index (χ0n) is 9.23. The first kappa shape index (κ1) is 12.6. The molecule has 5 heteroatoms. The van der Waals surface area contributed by atoms with Gasteiger partial charge < -0.3 is 0 Å². The third kappa shape index (κ3) is 2.69. The van der Waals surface area contributed by atoms with E-state index in [1.165, 1.54) is 12.1 Å². The zero-order valence-corrected chi connectivity index (χ0v) is 10.8.